The molecule has 4 nitrogen and oxygen atoms in total. The van der Waals surface area contributed by atoms with E-state index in [0.29, 0.717) is 11.6 Å². The van der Waals surface area contributed by atoms with Crippen LogP contribution in [0.15, 0.2) is 72.9 Å². The highest BCUT2D eigenvalue weighted by atomic mass is 16.2. The van der Waals surface area contributed by atoms with Crippen molar-refractivity contribution in [2.24, 2.45) is 0 Å². The summed E-state index contributed by atoms with van der Waals surface area (Å²) >= 11 is 0. The van der Waals surface area contributed by atoms with E-state index in [1.165, 1.54) is 22.3 Å². The average molecular weight is 422 g/mol. The Balaban J connectivity index is 1.26. The summed E-state index contributed by atoms with van der Waals surface area (Å²) in [5, 5.41) is 1.06. The zero-order valence-corrected chi connectivity index (χ0v) is 18.6. The van der Waals surface area contributed by atoms with Gasteiger partial charge in [-0.1, -0.05) is 48.5 Å². The normalized spacial score (nSPS) is 14.6. The second kappa shape index (κ2) is 8.54. The van der Waals surface area contributed by atoms with Crippen LogP contribution in [0.4, 0.5) is 0 Å². The highest BCUT2D eigenvalue weighted by molar-refractivity contribution is 5.95. The molecule has 0 atom stereocenters. The lowest BCUT2D eigenvalue weighted by molar-refractivity contribution is 0.0707. The van der Waals surface area contributed by atoms with Crippen molar-refractivity contribution >= 4 is 16.8 Å². The molecule has 0 unspecified atom stereocenters. The number of aryl methyl sites for hydroxylation is 1. The number of amides is 1. The minimum absolute atomic E-state index is 0.0256. The van der Waals surface area contributed by atoms with E-state index in [9.17, 15) is 4.79 Å². The summed E-state index contributed by atoms with van der Waals surface area (Å²) in [6, 6.07) is 22.4. The highest BCUT2D eigenvalue weighted by Crippen LogP contribution is 2.30. The first-order valence-electron chi connectivity index (χ1n) is 11.3. The molecule has 0 bridgehead atoms. The SMILES string of the molecule is Cc1cccc(-c2ccc(C3CCN(C(=O)c4ccc5ccccc5n4)CC3)cn2)c1C. The number of para-hydroxylation sites is 1. The van der Waals surface area contributed by atoms with E-state index in [-0.39, 0.29) is 5.91 Å². The predicted molar refractivity (Wildman–Crippen MR) is 129 cm³/mol. The van der Waals surface area contributed by atoms with Crippen LogP contribution in [0.1, 0.15) is 45.9 Å². The quantitative estimate of drug-likeness (QED) is 0.412. The second-order valence-corrected chi connectivity index (χ2v) is 8.68. The summed E-state index contributed by atoms with van der Waals surface area (Å²) in [4.78, 5) is 24.3. The smallest absolute Gasteiger partial charge is 0.272 e. The molecule has 0 saturated carbocycles. The Kier molecular flexibility index (Phi) is 5.44. The highest BCUT2D eigenvalue weighted by Gasteiger charge is 2.25. The lowest BCUT2D eigenvalue weighted by Crippen LogP contribution is -2.38. The standard InChI is InChI=1S/C28H27N3O/c1-19-6-5-8-24(20(19)2)26-12-11-23(18-29-26)21-14-16-31(17-15-21)28(32)27-13-10-22-7-3-4-9-25(22)30-27/h3-13,18,21H,14-17H2,1-2H3. The van der Waals surface area contributed by atoms with Crippen LogP contribution in [-0.4, -0.2) is 33.9 Å². The number of nitrogens with zero attached hydrogens (tertiary/aromatic N) is 3. The minimum atomic E-state index is 0.0256. The maximum Gasteiger partial charge on any atom is 0.272 e. The zero-order valence-electron chi connectivity index (χ0n) is 18.6. The van der Waals surface area contributed by atoms with Gasteiger partial charge in [-0.15, -0.1) is 0 Å². The minimum Gasteiger partial charge on any atom is -0.337 e. The molecule has 0 N–H and O–H groups in total. The molecule has 0 radical (unpaired) electrons. The first-order chi connectivity index (χ1) is 15.6. The van der Waals surface area contributed by atoms with Crippen molar-refractivity contribution in [2.75, 3.05) is 13.1 Å². The van der Waals surface area contributed by atoms with Crippen LogP contribution in [0.3, 0.4) is 0 Å². The molecule has 1 aliphatic rings. The first kappa shape index (κ1) is 20.4. The van der Waals surface area contributed by atoms with Crippen LogP contribution < -0.4 is 0 Å². The summed E-state index contributed by atoms with van der Waals surface area (Å²) < 4.78 is 0. The number of pyridine rings is 2. The summed E-state index contributed by atoms with van der Waals surface area (Å²) in [5.41, 5.74) is 7.43. The third kappa shape index (κ3) is 3.89. The molecule has 2 aromatic heterocycles. The van der Waals surface area contributed by atoms with Crippen LogP contribution in [-0.2, 0) is 0 Å². The molecule has 32 heavy (non-hydrogen) atoms. The number of fused-ring (bicyclic) bond motifs is 1. The van der Waals surface area contributed by atoms with E-state index < -0.39 is 0 Å². The largest absolute Gasteiger partial charge is 0.337 e. The average Bonchev–Trinajstić information content (AvgIpc) is 2.85. The van der Waals surface area contributed by atoms with Gasteiger partial charge in [-0.05, 0) is 67.5 Å². The molecule has 4 heteroatoms. The third-order valence-corrected chi connectivity index (χ3v) is 6.74. The maximum absolute atomic E-state index is 13.0. The number of aromatic nitrogens is 2. The van der Waals surface area contributed by atoms with E-state index in [2.05, 4.69) is 49.2 Å². The Labute approximate surface area is 189 Å². The molecule has 1 aliphatic heterocycles. The predicted octanol–water partition coefficient (Wildman–Crippen LogP) is 5.93. The van der Waals surface area contributed by atoms with Crippen molar-refractivity contribution in [1.82, 2.24) is 14.9 Å². The molecule has 3 heterocycles. The van der Waals surface area contributed by atoms with Gasteiger partial charge >= 0.3 is 0 Å². The number of piperidine rings is 1. The van der Waals surface area contributed by atoms with Crippen molar-refractivity contribution in [3.8, 4) is 11.3 Å². The van der Waals surface area contributed by atoms with Gasteiger partial charge in [-0.2, -0.15) is 0 Å². The lowest BCUT2D eigenvalue weighted by Gasteiger charge is -2.32. The summed E-state index contributed by atoms with van der Waals surface area (Å²) in [5.74, 6) is 0.460. The second-order valence-electron chi connectivity index (χ2n) is 8.68. The third-order valence-electron chi connectivity index (χ3n) is 6.74. The van der Waals surface area contributed by atoms with Crippen LogP contribution >= 0.6 is 0 Å². The van der Waals surface area contributed by atoms with Gasteiger partial charge in [-0.3, -0.25) is 9.78 Å². The molecule has 4 aromatic rings. The molecule has 160 valence electrons. The Morgan fingerprint density at radius 1 is 0.906 bits per heavy atom. The number of rotatable bonds is 3. The molecular weight excluding hydrogens is 394 g/mol. The van der Waals surface area contributed by atoms with Crippen LogP contribution in [0.5, 0.6) is 0 Å². The van der Waals surface area contributed by atoms with Crippen LogP contribution in [0.25, 0.3) is 22.2 Å². The Bertz CT molecular complexity index is 1270. The zero-order chi connectivity index (χ0) is 22.1. The molecule has 1 saturated heterocycles. The summed E-state index contributed by atoms with van der Waals surface area (Å²) in [6.45, 7) is 5.78. The Hall–Kier alpha value is -3.53. The fraction of sp³-hybridized carbons (Fsp3) is 0.250. The van der Waals surface area contributed by atoms with Crippen molar-refractivity contribution in [3.63, 3.8) is 0 Å². The summed E-state index contributed by atoms with van der Waals surface area (Å²) in [7, 11) is 0. The lowest BCUT2D eigenvalue weighted by atomic mass is 9.90. The van der Waals surface area contributed by atoms with Gasteiger partial charge in [-0.25, -0.2) is 4.98 Å². The molecule has 1 amide bonds. The molecule has 2 aromatic carbocycles. The van der Waals surface area contributed by atoms with E-state index in [4.69, 9.17) is 4.98 Å². The van der Waals surface area contributed by atoms with E-state index >= 15 is 0 Å². The number of benzene rings is 2. The van der Waals surface area contributed by atoms with Crippen molar-refractivity contribution in [3.05, 3.63) is 95.3 Å². The van der Waals surface area contributed by atoms with Gasteiger partial charge in [0.25, 0.3) is 5.91 Å². The van der Waals surface area contributed by atoms with Gasteiger partial charge in [0, 0.05) is 30.2 Å². The number of hydrogen-bond acceptors (Lipinski definition) is 3. The topological polar surface area (TPSA) is 46.1 Å². The number of carbonyl (C=O) groups excluding carboxylic acids is 1. The number of carbonyl (C=O) groups is 1. The molecule has 0 spiro atoms. The Morgan fingerprint density at radius 2 is 1.72 bits per heavy atom. The maximum atomic E-state index is 13.0. The van der Waals surface area contributed by atoms with Gasteiger partial charge in [0.1, 0.15) is 5.69 Å². The van der Waals surface area contributed by atoms with Crippen molar-refractivity contribution < 1.29 is 4.79 Å². The fourth-order valence-corrected chi connectivity index (χ4v) is 4.60. The van der Waals surface area contributed by atoms with E-state index in [1.807, 2.05) is 47.5 Å². The van der Waals surface area contributed by atoms with Gasteiger partial charge < -0.3 is 4.90 Å². The van der Waals surface area contributed by atoms with Crippen molar-refractivity contribution in [1.29, 1.82) is 0 Å². The first-order valence-corrected chi connectivity index (χ1v) is 11.3. The Morgan fingerprint density at radius 3 is 2.50 bits per heavy atom. The van der Waals surface area contributed by atoms with Crippen LogP contribution in [0, 0.1) is 13.8 Å². The number of hydrogen-bond donors (Lipinski definition) is 0. The fourth-order valence-electron chi connectivity index (χ4n) is 4.60. The van der Waals surface area contributed by atoms with E-state index in [0.717, 1.165) is 42.5 Å². The monoisotopic (exact) mass is 421 g/mol. The number of likely N-dealkylation sites (tertiary alicyclic amines) is 1. The van der Waals surface area contributed by atoms with Gasteiger partial charge in [0.05, 0.1) is 11.2 Å². The van der Waals surface area contributed by atoms with Crippen LogP contribution in [0.2, 0.25) is 0 Å². The van der Waals surface area contributed by atoms with Gasteiger partial charge in [0.2, 0.25) is 0 Å². The molecular formula is C28H27N3O. The van der Waals surface area contributed by atoms with E-state index in [1.54, 1.807) is 0 Å². The molecule has 0 aliphatic carbocycles. The van der Waals surface area contributed by atoms with Gasteiger partial charge in [0.15, 0.2) is 0 Å². The molecule has 1 fully saturated rings. The molecule has 5 rings (SSSR count). The van der Waals surface area contributed by atoms with Crippen molar-refractivity contribution in [2.45, 2.75) is 32.6 Å². The summed E-state index contributed by atoms with van der Waals surface area (Å²) in [6.07, 6.45) is 3.91.